The monoisotopic (exact) mass is 344 g/mol. The van der Waals surface area contributed by atoms with Crippen LogP contribution in [0.5, 0.6) is 0 Å². The molecule has 1 N–H and O–H groups in total. The summed E-state index contributed by atoms with van der Waals surface area (Å²) in [6.45, 7) is 3.69. The van der Waals surface area contributed by atoms with Gasteiger partial charge in [-0.1, -0.05) is 22.2 Å². The lowest BCUT2D eigenvalue weighted by molar-refractivity contribution is -0.136. The number of aromatic nitrogens is 2. The molecule has 1 atom stereocenters. The third kappa shape index (κ3) is 2.76. The Morgan fingerprint density at radius 3 is 2.58 bits per heavy atom. The Kier molecular flexibility index (Phi) is 4.30. The number of nitrogens with zero attached hydrogens (tertiary/aromatic N) is 3. The zero-order valence-corrected chi connectivity index (χ0v) is 14.3. The van der Waals surface area contributed by atoms with Gasteiger partial charge in [0.05, 0.1) is 18.4 Å². The van der Waals surface area contributed by atoms with Gasteiger partial charge in [0.2, 0.25) is 0 Å². The highest BCUT2D eigenvalue weighted by molar-refractivity contribution is 7.03. The predicted octanol–water partition coefficient (Wildman–Crippen LogP) is 2.56. The number of methoxy groups -OCH3 is 1. The maximum absolute atomic E-state index is 12.6. The minimum Gasteiger partial charge on any atom is -0.466 e. The number of rotatable bonds is 3. The second-order valence-corrected chi connectivity index (χ2v) is 5.98. The largest absolute Gasteiger partial charge is 0.466 e. The van der Waals surface area contributed by atoms with Crippen LogP contribution in [-0.2, 0) is 9.53 Å². The Balaban J connectivity index is 2.12. The van der Waals surface area contributed by atoms with Gasteiger partial charge in [0.25, 0.3) is 0 Å². The standard InChI is InChI=1S/C16H16N4O3S/c1-9-4-6-11(7-5-9)20-10(2)13(15(21)23-3)14(17-16(20)22)12-8-24-19-18-12/h4-8,14H,1-3H3,(H,17,22)/t14-/m0/s1. The van der Waals surface area contributed by atoms with Gasteiger partial charge in [0.15, 0.2) is 0 Å². The third-order valence-corrected chi connectivity index (χ3v) is 4.38. The van der Waals surface area contributed by atoms with E-state index in [1.54, 1.807) is 12.3 Å². The number of aryl methyl sites for hydroxylation is 1. The number of allylic oxidation sites excluding steroid dienone is 1. The lowest BCUT2D eigenvalue weighted by Crippen LogP contribution is -2.48. The van der Waals surface area contributed by atoms with Gasteiger partial charge in [-0.05, 0) is 37.5 Å². The van der Waals surface area contributed by atoms with Crippen LogP contribution in [0.15, 0.2) is 40.9 Å². The van der Waals surface area contributed by atoms with Crippen molar-refractivity contribution in [2.24, 2.45) is 0 Å². The molecule has 0 bridgehead atoms. The molecule has 0 aliphatic carbocycles. The number of carbonyl (C=O) groups excluding carboxylic acids is 2. The lowest BCUT2D eigenvalue weighted by Gasteiger charge is -2.34. The maximum Gasteiger partial charge on any atom is 0.338 e. The van der Waals surface area contributed by atoms with Crippen molar-refractivity contribution >= 4 is 29.2 Å². The van der Waals surface area contributed by atoms with Crippen LogP contribution < -0.4 is 10.2 Å². The molecule has 2 amide bonds. The molecule has 0 saturated heterocycles. The van der Waals surface area contributed by atoms with Gasteiger partial charge in [-0.3, -0.25) is 4.90 Å². The molecule has 0 unspecified atom stereocenters. The number of benzene rings is 1. The molecule has 0 fully saturated rings. The molecular weight excluding hydrogens is 328 g/mol. The van der Waals surface area contributed by atoms with Crippen LogP contribution in [0.1, 0.15) is 24.2 Å². The van der Waals surface area contributed by atoms with Crippen LogP contribution in [0.3, 0.4) is 0 Å². The van der Waals surface area contributed by atoms with Crippen molar-refractivity contribution < 1.29 is 14.3 Å². The Morgan fingerprint density at radius 1 is 1.29 bits per heavy atom. The molecule has 7 nitrogen and oxygen atoms in total. The summed E-state index contributed by atoms with van der Waals surface area (Å²) in [6.07, 6.45) is 0. The number of urea groups is 1. The van der Waals surface area contributed by atoms with E-state index in [-0.39, 0.29) is 6.03 Å². The van der Waals surface area contributed by atoms with Gasteiger partial charge in [0, 0.05) is 11.1 Å². The molecule has 1 aromatic carbocycles. The summed E-state index contributed by atoms with van der Waals surface area (Å²) in [6, 6.07) is 6.47. The Hall–Kier alpha value is -2.74. The molecule has 2 heterocycles. The summed E-state index contributed by atoms with van der Waals surface area (Å²) in [4.78, 5) is 26.4. The van der Waals surface area contributed by atoms with Crippen LogP contribution in [0.2, 0.25) is 0 Å². The number of esters is 1. The number of anilines is 1. The summed E-state index contributed by atoms with van der Waals surface area (Å²) >= 11 is 1.16. The average Bonchev–Trinajstić information content (AvgIpc) is 3.10. The predicted molar refractivity (Wildman–Crippen MR) is 89.6 cm³/mol. The van der Waals surface area contributed by atoms with Gasteiger partial charge in [-0.15, -0.1) is 5.10 Å². The number of nitrogens with one attached hydrogen (secondary N) is 1. The van der Waals surface area contributed by atoms with Crippen molar-refractivity contribution in [3.8, 4) is 0 Å². The highest BCUT2D eigenvalue weighted by Gasteiger charge is 2.38. The maximum atomic E-state index is 12.6. The molecule has 1 aliphatic rings. The van der Waals surface area contributed by atoms with Crippen LogP contribution in [0, 0.1) is 6.92 Å². The summed E-state index contributed by atoms with van der Waals surface area (Å²) in [5, 5.41) is 8.49. The summed E-state index contributed by atoms with van der Waals surface area (Å²) in [5.41, 5.74) is 3.11. The fraction of sp³-hybridized carbons (Fsp3) is 0.250. The second-order valence-electron chi connectivity index (χ2n) is 5.37. The molecule has 1 aromatic heterocycles. The van der Waals surface area contributed by atoms with Gasteiger partial charge in [-0.2, -0.15) is 0 Å². The smallest absolute Gasteiger partial charge is 0.338 e. The first kappa shape index (κ1) is 16.1. The Labute approximate surface area is 143 Å². The van der Waals surface area contributed by atoms with E-state index in [9.17, 15) is 9.59 Å². The zero-order valence-electron chi connectivity index (χ0n) is 13.4. The van der Waals surface area contributed by atoms with Crippen molar-refractivity contribution in [1.29, 1.82) is 0 Å². The third-order valence-electron chi connectivity index (χ3n) is 3.85. The van der Waals surface area contributed by atoms with E-state index in [1.807, 2.05) is 31.2 Å². The first-order valence-electron chi connectivity index (χ1n) is 7.26. The minimum absolute atomic E-state index is 0.331. The highest BCUT2D eigenvalue weighted by Crippen LogP contribution is 2.33. The molecule has 24 heavy (non-hydrogen) atoms. The summed E-state index contributed by atoms with van der Waals surface area (Å²) in [7, 11) is 1.31. The first-order chi connectivity index (χ1) is 11.5. The van der Waals surface area contributed by atoms with E-state index in [1.165, 1.54) is 12.0 Å². The van der Waals surface area contributed by atoms with Crippen molar-refractivity contribution in [2.45, 2.75) is 19.9 Å². The normalized spacial score (nSPS) is 17.7. The number of carbonyl (C=O) groups is 2. The molecular formula is C16H16N4O3S. The minimum atomic E-state index is -0.676. The van der Waals surface area contributed by atoms with E-state index in [2.05, 4.69) is 14.9 Å². The molecule has 0 radical (unpaired) electrons. The van der Waals surface area contributed by atoms with Crippen molar-refractivity contribution in [3.05, 3.63) is 52.2 Å². The van der Waals surface area contributed by atoms with E-state index in [0.717, 1.165) is 17.1 Å². The Morgan fingerprint density at radius 2 is 2.00 bits per heavy atom. The molecule has 3 rings (SSSR count). The first-order valence-corrected chi connectivity index (χ1v) is 8.10. The molecule has 124 valence electrons. The molecule has 0 saturated carbocycles. The van der Waals surface area contributed by atoms with Crippen molar-refractivity contribution in [2.75, 3.05) is 12.0 Å². The summed E-state index contributed by atoms with van der Waals surface area (Å²) < 4.78 is 8.71. The number of amides is 2. The number of hydrogen-bond acceptors (Lipinski definition) is 6. The van der Waals surface area contributed by atoms with E-state index < -0.39 is 12.0 Å². The lowest BCUT2D eigenvalue weighted by atomic mass is 9.99. The Bertz CT molecular complexity index is 799. The SMILES string of the molecule is COC(=O)C1=C(C)N(c2ccc(C)cc2)C(=O)N[C@H]1c1csnn1. The van der Waals surface area contributed by atoms with Crippen LogP contribution in [0.25, 0.3) is 0 Å². The van der Waals surface area contributed by atoms with Crippen molar-refractivity contribution in [1.82, 2.24) is 14.9 Å². The van der Waals surface area contributed by atoms with Crippen LogP contribution >= 0.6 is 11.5 Å². The average molecular weight is 344 g/mol. The van der Waals surface area contributed by atoms with Gasteiger partial charge in [-0.25, -0.2) is 9.59 Å². The fourth-order valence-corrected chi connectivity index (χ4v) is 3.12. The van der Waals surface area contributed by atoms with E-state index >= 15 is 0 Å². The quantitative estimate of drug-likeness (QED) is 0.865. The highest BCUT2D eigenvalue weighted by atomic mass is 32.1. The fourth-order valence-electron chi connectivity index (χ4n) is 2.64. The molecule has 8 heteroatoms. The van der Waals surface area contributed by atoms with Gasteiger partial charge >= 0.3 is 12.0 Å². The number of hydrogen-bond donors (Lipinski definition) is 1. The molecule has 2 aromatic rings. The second kappa shape index (κ2) is 6.40. The molecule has 1 aliphatic heterocycles. The summed E-state index contributed by atoms with van der Waals surface area (Å²) in [5.74, 6) is -0.511. The van der Waals surface area contributed by atoms with Gasteiger partial charge in [0.1, 0.15) is 11.7 Å². The van der Waals surface area contributed by atoms with Gasteiger partial charge < -0.3 is 10.1 Å². The van der Waals surface area contributed by atoms with E-state index in [0.29, 0.717) is 22.7 Å². The molecule has 0 spiro atoms. The van der Waals surface area contributed by atoms with Crippen molar-refractivity contribution in [3.63, 3.8) is 0 Å². The van der Waals surface area contributed by atoms with E-state index in [4.69, 9.17) is 4.74 Å². The van der Waals surface area contributed by atoms with Crippen LogP contribution in [-0.4, -0.2) is 28.7 Å². The zero-order chi connectivity index (χ0) is 17.3. The number of ether oxygens (including phenoxy) is 1. The van der Waals surface area contributed by atoms with Crippen LogP contribution in [0.4, 0.5) is 10.5 Å². The topological polar surface area (TPSA) is 84.4 Å².